The zero-order chi connectivity index (χ0) is 18.2. The molecule has 0 saturated heterocycles. The molecular weight excluding hydrogens is 399 g/mol. The van der Waals surface area contributed by atoms with E-state index in [4.69, 9.17) is 4.98 Å². The van der Waals surface area contributed by atoms with Crippen molar-refractivity contribution in [1.82, 2.24) is 19.7 Å². The Morgan fingerprint density at radius 2 is 2.04 bits per heavy atom. The van der Waals surface area contributed by atoms with E-state index >= 15 is 0 Å². The average Bonchev–Trinajstić information content (AvgIpc) is 3.10. The molecule has 0 spiro atoms. The first-order chi connectivity index (χ1) is 13.3. The van der Waals surface area contributed by atoms with Crippen molar-refractivity contribution in [2.45, 2.75) is 29.8 Å². The number of aromatic nitrogens is 4. The van der Waals surface area contributed by atoms with Gasteiger partial charge in [0.15, 0.2) is 11.0 Å². The Hall–Kier alpha value is -2.03. The van der Waals surface area contributed by atoms with Gasteiger partial charge in [0, 0.05) is 28.1 Å². The lowest BCUT2D eigenvalue weighted by Crippen LogP contribution is -2.01. The number of benzene rings is 1. The van der Waals surface area contributed by atoms with Gasteiger partial charge in [-0.3, -0.25) is 4.57 Å². The molecule has 5 rings (SSSR count). The molecule has 1 aromatic carbocycles. The van der Waals surface area contributed by atoms with E-state index in [1.807, 2.05) is 6.07 Å². The van der Waals surface area contributed by atoms with Gasteiger partial charge in [-0.25, -0.2) is 9.37 Å². The minimum Gasteiger partial charge on any atom is -0.299 e. The van der Waals surface area contributed by atoms with Gasteiger partial charge in [-0.1, -0.05) is 23.9 Å². The van der Waals surface area contributed by atoms with Crippen LogP contribution < -0.4 is 0 Å². The highest BCUT2D eigenvalue weighted by Gasteiger charge is 2.31. The number of nitrogens with zero attached hydrogens (tertiary/aromatic N) is 4. The molecule has 136 valence electrons. The number of thiophene rings is 1. The summed E-state index contributed by atoms with van der Waals surface area (Å²) in [5.41, 5.74) is 2.71. The summed E-state index contributed by atoms with van der Waals surface area (Å²) in [4.78, 5) is 4.72. The molecule has 1 aliphatic carbocycles. The summed E-state index contributed by atoms with van der Waals surface area (Å²) in [6.07, 6.45) is 2.18. The van der Waals surface area contributed by atoms with Crippen LogP contribution in [0.1, 0.15) is 24.6 Å². The van der Waals surface area contributed by atoms with Crippen LogP contribution in [0, 0.1) is 5.82 Å². The molecule has 8 heteroatoms. The molecule has 0 unspecified atom stereocenters. The maximum Gasteiger partial charge on any atom is 0.192 e. The molecule has 27 heavy (non-hydrogen) atoms. The van der Waals surface area contributed by atoms with E-state index in [1.54, 1.807) is 46.6 Å². The standard InChI is InChI=1S/C19H15FN4S3/c20-16-4-2-1-3-15(16)17-22-23-19(24(17)14-5-6-14)27-11-13-10-26-18(21-13)12-7-8-25-9-12/h1-4,7-10,14H,5-6,11H2. The first-order valence-corrected chi connectivity index (χ1v) is 11.4. The number of hydrogen-bond donors (Lipinski definition) is 0. The number of thioether (sulfide) groups is 1. The van der Waals surface area contributed by atoms with Gasteiger partial charge in [0.2, 0.25) is 0 Å². The SMILES string of the molecule is Fc1ccccc1-c1nnc(SCc2csc(-c3ccsc3)n2)n1C1CC1. The Balaban J connectivity index is 1.39. The fraction of sp³-hybridized carbons (Fsp3) is 0.211. The zero-order valence-corrected chi connectivity index (χ0v) is 16.7. The second kappa shape index (κ2) is 7.18. The van der Waals surface area contributed by atoms with Crippen molar-refractivity contribution in [1.29, 1.82) is 0 Å². The second-order valence-corrected chi connectivity index (χ2v) is 8.91. The topological polar surface area (TPSA) is 43.6 Å². The zero-order valence-electron chi connectivity index (χ0n) is 14.2. The van der Waals surface area contributed by atoms with E-state index in [-0.39, 0.29) is 5.82 Å². The fourth-order valence-corrected chi connectivity index (χ4v) is 5.43. The lowest BCUT2D eigenvalue weighted by Gasteiger charge is -2.09. The maximum absolute atomic E-state index is 14.2. The number of halogens is 1. The highest BCUT2D eigenvalue weighted by Crippen LogP contribution is 2.42. The lowest BCUT2D eigenvalue weighted by atomic mass is 10.2. The van der Waals surface area contributed by atoms with E-state index in [0.29, 0.717) is 17.4 Å². The van der Waals surface area contributed by atoms with Crippen molar-refractivity contribution in [3.05, 3.63) is 58.0 Å². The second-order valence-electron chi connectivity index (χ2n) is 6.33. The minimum absolute atomic E-state index is 0.261. The third kappa shape index (κ3) is 3.44. The molecule has 0 aliphatic heterocycles. The summed E-state index contributed by atoms with van der Waals surface area (Å²) in [5, 5.41) is 16.8. The van der Waals surface area contributed by atoms with Gasteiger partial charge in [-0.2, -0.15) is 11.3 Å². The summed E-state index contributed by atoms with van der Waals surface area (Å²) >= 11 is 4.95. The number of thiazole rings is 1. The summed E-state index contributed by atoms with van der Waals surface area (Å²) in [5.74, 6) is 1.08. The van der Waals surface area contributed by atoms with Crippen LogP contribution in [0.15, 0.2) is 51.6 Å². The summed E-state index contributed by atoms with van der Waals surface area (Å²) in [6.45, 7) is 0. The predicted molar refractivity (Wildman–Crippen MR) is 109 cm³/mol. The molecule has 4 aromatic rings. The van der Waals surface area contributed by atoms with E-state index in [9.17, 15) is 4.39 Å². The van der Waals surface area contributed by atoms with Crippen LogP contribution in [0.4, 0.5) is 4.39 Å². The highest BCUT2D eigenvalue weighted by atomic mass is 32.2. The normalized spacial score (nSPS) is 14.0. The Labute approximate surface area is 168 Å². The average molecular weight is 415 g/mol. The Bertz CT molecular complexity index is 1070. The van der Waals surface area contributed by atoms with Gasteiger partial charge < -0.3 is 0 Å². The summed E-state index contributed by atoms with van der Waals surface area (Å²) in [7, 11) is 0. The van der Waals surface area contributed by atoms with Crippen LogP contribution in [-0.2, 0) is 5.75 Å². The third-order valence-corrected chi connectivity index (χ3v) is 6.96. The predicted octanol–water partition coefficient (Wildman–Crippen LogP) is 5.90. The van der Waals surface area contributed by atoms with Gasteiger partial charge in [-0.05, 0) is 36.4 Å². The monoisotopic (exact) mass is 414 g/mol. The van der Waals surface area contributed by atoms with Crippen LogP contribution in [0.2, 0.25) is 0 Å². The quantitative estimate of drug-likeness (QED) is 0.369. The van der Waals surface area contributed by atoms with Gasteiger partial charge in [-0.15, -0.1) is 21.5 Å². The number of hydrogen-bond acceptors (Lipinski definition) is 6. The van der Waals surface area contributed by atoms with Gasteiger partial charge >= 0.3 is 0 Å². The van der Waals surface area contributed by atoms with Crippen molar-refractivity contribution in [3.8, 4) is 22.0 Å². The summed E-state index contributed by atoms with van der Waals surface area (Å²) < 4.78 is 16.3. The molecule has 0 amide bonds. The van der Waals surface area contributed by atoms with Crippen molar-refractivity contribution in [2.24, 2.45) is 0 Å². The molecule has 0 bridgehead atoms. The van der Waals surface area contributed by atoms with Gasteiger partial charge in [0.1, 0.15) is 10.8 Å². The molecular formula is C19H15FN4S3. The van der Waals surface area contributed by atoms with E-state index < -0.39 is 0 Å². The summed E-state index contributed by atoms with van der Waals surface area (Å²) in [6, 6.07) is 9.21. The highest BCUT2D eigenvalue weighted by molar-refractivity contribution is 7.98. The van der Waals surface area contributed by atoms with E-state index in [0.717, 1.165) is 34.5 Å². The third-order valence-electron chi connectivity index (χ3n) is 4.36. The molecule has 0 atom stereocenters. The fourth-order valence-electron chi connectivity index (χ4n) is 2.89. The molecule has 3 heterocycles. The molecule has 0 N–H and O–H groups in total. The van der Waals surface area contributed by atoms with Crippen LogP contribution in [-0.4, -0.2) is 19.7 Å². The van der Waals surface area contributed by atoms with Crippen LogP contribution >= 0.6 is 34.4 Å². The van der Waals surface area contributed by atoms with Crippen LogP contribution in [0.3, 0.4) is 0 Å². The van der Waals surface area contributed by atoms with Crippen LogP contribution in [0.25, 0.3) is 22.0 Å². The van der Waals surface area contributed by atoms with Gasteiger partial charge in [0.05, 0.1) is 11.3 Å². The van der Waals surface area contributed by atoms with Crippen molar-refractivity contribution >= 4 is 34.4 Å². The molecule has 0 radical (unpaired) electrons. The maximum atomic E-state index is 14.2. The van der Waals surface area contributed by atoms with Crippen molar-refractivity contribution in [2.75, 3.05) is 0 Å². The molecule has 1 fully saturated rings. The Morgan fingerprint density at radius 1 is 1.15 bits per heavy atom. The van der Waals surface area contributed by atoms with Gasteiger partial charge in [0.25, 0.3) is 0 Å². The lowest BCUT2D eigenvalue weighted by molar-refractivity contribution is 0.622. The first-order valence-electron chi connectivity index (χ1n) is 8.59. The van der Waals surface area contributed by atoms with Crippen molar-refractivity contribution < 1.29 is 4.39 Å². The molecule has 4 nitrogen and oxygen atoms in total. The molecule has 3 aromatic heterocycles. The largest absolute Gasteiger partial charge is 0.299 e. The van der Waals surface area contributed by atoms with E-state index in [2.05, 4.69) is 37.0 Å². The minimum atomic E-state index is -0.261. The Kier molecular flexibility index (Phi) is 4.55. The Morgan fingerprint density at radius 3 is 2.81 bits per heavy atom. The molecule has 1 aliphatic rings. The smallest absolute Gasteiger partial charge is 0.192 e. The molecule has 1 saturated carbocycles. The van der Waals surface area contributed by atoms with Crippen molar-refractivity contribution in [3.63, 3.8) is 0 Å². The van der Waals surface area contributed by atoms with Crippen LogP contribution in [0.5, 0.6) is 0 Å². The first kappa shape index (κ1) is 17.1. The number of rotatable bonds is 6. The van der Waals surface area contributed by atoms with E-state index in [1.165, 1.54) is 11.6 Å².